The van der Waals surface area contributed by atoms with Crippen molar-refractivity contribution >= 4 is 28.9 Å². The maximum Gasteiger partial charge on any atom is 0.272 e. The molecule has 0 atom stereocenters. The number of hydrogen-bond donors (Lipinski definition) is 2. The van der Waals surface area contributed by atoms with Gasteiger partial charge in [-0.25, -0.2) is 0 Å². The van der Waals surface area contributed by atoms with Gasteiger partial charge in [-0.1, -0.05) is 23.7 Å². The summed E-state index contributed by atoms with van der Waals surface area (Å²) in [6, 6.07) is 8.69. The fourth-order valence-corrected chi connectivity index (χ4v) is 1.75. The van der Waals surface area contributed by atoms with Crippen LogP contribution >= 0.6 is 11.6 Å². The minimum atomic E-state index is -0.239. The molecule has 1 amide bonds. The van der Waals surface area contributed by atoms with E-state index < -0.39 is 0 Å². The summed E-state index contributed by atoms with van der Waals surface area (Å²) in [6.45, 7) is 0. The van der Waals surface area contributed by atoms with E-state index in [1.807, 2.05) is 0 Å². The maximum atomic E-state index is 12.0. The molecule has 3 N–H and O–H groups in total. The van der Waals surface area contributed by atoms with Crippen molar-refractivity contribution in [3.63, 3.8) is 0 Å². The average molecular weight is 250 g/mol. The van der Waals surface area contributed by atoms with Crippen LogP contribution in [0.3, 0.4) is 0 Å². The molecule has 0 spiro atoms. The second-order valence-electron chi connectivity index (χ2n) is 3.70. The molecule has 0 radical (unpaired) electrons. The Morgan fingerprint density at radius 2 is 2.12 bits per heavy atom. The summed E-state index contributed by atoms with van der Waals surface area (Å²) in [7, 11) is 1.76. The van der Waals surface area contributed by atoms with E-state index in [4.69, 9.17) is 17.3 Å². The molecule has 5 heteroatoms. The van der Waals surface area contributed by atoms with E-state index in [2.05, 4.69) is 5.32 Å². The normalized spacial score (nSPS) is 10.2. The zero-order valence-electron chi connectivity index (χ0n) is 9.27. The molecule has 0 aliphatic heterocycles. The monoisotopic (exact) mass is 249 g/mol. The van der Waals surface area contributed by atoms with Crippen LogP contribution in [0.15, 0.2) is 36.5 Å². The largest absolute Gasteiger partial charge is 0.397 e. The lowest BCUT2D eigenvalue weighted by atomic mass is 10.3. The fourth-order valence-electron chi connectivity index (χ4n) is 1.56. The molecule has 0 bridgehead atoms. The van der Waals surface area contributed by atoms with Crippen molar-refractivity contribution in [3.05, 3.63) is 47.2 Å². The summed E-state index contributed by atoms with van der Waals surface area (Å²) in [4.78, 5) is 12.0. The highest BCUT2D eigenvalue weighted by Crippen LogP contribution is 2.21. The molecule has 1 aromatic carbocycles. The van der Waals surface area contributed by atoms with Gasteiger partial charge in [0.1, 0.15) is 5.69 Å². The second-order valence-corrected chi connectivity index (χ2v) is 4.11. The van der Waals surface area contributed by atoms with Gasteiger partial charge in [-0.15, -0.1) is 0 Å². The van der Waals surface area contributed by atoms with Crippen LogP contribution in [0.25, 0.3) is 0 Å². The van der Waals surface area contributed by atoms with Gasteiger partial charge in [0.15, 0.2) is 0 Å². The number of rotatable bonds is 2. The fraction of sp³-hybridized carbons (Fsp3) is 0.0833. The molecule has 0 saturated carbocycles. The molecule has 0 unspecified atom stereocenters. The number of nitrogen functional groups attached to an aromatic ring is 1. The van der Waals surface area contributed by atoms with Gasteiger partial charge in [-0.2, -0.15) is 0 Å². The van der Waals surface area contributed by atoms with Crippen LogP contribution < -0.4 is 11.1 Å². The minimum Gasteiger partial charge on any atom is -0.397 e. The van der Waals surface area contributed by atoms with Crippen LogP contribution in [0.4, 0.5) is 11.4 Å². The van der Waals surface area contributed by atoms with Crippen LogP contribution in [0, 0.1) is 0 Å². The van der Waals surface area contributed by atoms with Gasteiger partial charge in [0.05, 0.1) is 16.4 Å². The lowest BCUT2D eigenvalue weighted by Crippen LogP contribution is -2.15. The number of carbonyl (C=O) groups is 1. The van der Waals surface area contributed by atoms with Crippen molar-refractivity contribution in [1.82, 2.24) is 4.57 Å². The number of nitrogens with two attached hydrogens (primary N) is 1. The van der Waals surface area contributed by atoms with E-state index in [1.54, 1.807) is 48.1 Å². The maximum absolute atomic E-state index is 12.0. The quantitative estimate of drug-likeness (QED) is 0.859. The van der Waals surface area contributed by atoms with E-state index in [-0.39, 0.29) is 5.91 Å². The first-order valence-corrected chi connectivity index (χ1v) is 5.43. The number of amides is 1. The first kappa shape index (κ1) is 11.5. The Balaban J connectivity index is 2.23. The Bertz CT molecular complexity index is 563. The van der Waals surface area contributed by atoms with Gasteiger partial charge < -0.3 is 15.6 Å². The second kappa shape index (κ2) is 4.51. The lowest BCUT2D eigenvalue weighted by Gasteiger charge is -2.07. The molecule has 2 rings (SSSR count). The average Bonchev–Trinajstić information content (AvgIpc) is 2.61. The van der Waals surface area contributed by atoms with Gasteiger partial charge in [-0.05, 0) is 18.2 Å². The number of benzene rings is 1. The Hall–Kier alpha value is -1.94. The van der Waals surface area contributed by atoms with E-state index in [9.17, 15) is 4.79 Å². The summed E-state index contributed by atoms with van der Waals surface area (Å²) in [5.74, 6) is -0.239. The third-order valence-electron chi connectivity index (χ3n) is 2.38. The molecular formula is C12H12ClN3O. The molecule has 1 heterocycles. The smallest absolute Gasteiger partial charge is 0.272 e. The molecule has 0 fully saturated rings. The van der Waals surface area contributed by atoms with Crippen molar-refractivity contribution in [2.75, 3.05) is 11.1 Å². The molecule has 1 aromatic heterocycles. The molecule has 0 aliphatic rings. The van der Waals surface area contributed by atoms with Gasteiger partial charge in [0.2, 0.25) is 0 Å². The third-order valence-corrected chi connectivity index (χ3v) is 2.71. The first-order valence-electron chi connectivity index (χ1n) is 5.05. The molecule has 4 nitrogen and oxygen atoms in total. The number of nitrogens with one attached hydrogen (secondary N) is 1. The van der Waals surface area contributed by atoms with E-state index in [0.29, 0.717) is 22.1 Å². The number of hydrogen-bond acceptors (Lipinski definition) is 2. The minimum absolute atomic E-state index is 0.239. The van der Waals surface area contributed by atoms with Crippen molar-refractivity contribution in [1.29, 1.82) is 0 Å². The zero-order chi connectivity index (χ0) is 12.4. The highest BCUT2D eigenvalue weighted by Gasteiger charge is 2.12. The number of aryl methyl sites for hydroxylation is 1. The predicted octanol–water partition coefficient (Wildman–Crippen LogP) is 2.51. The highest BCUT2D eigenvalue weighted by molar-refractivity contribution is 6.33. The van der Waals surface area contributed by atoms with Gasteiger partial charge in [-0.3, -0.25) is 4.79 Å². The van der Waals surface area contributed by atoms with Crippen LogP contribution in [0.1, 0.15) is 10.5 Å². The highest BCUT2D eigenvalue weighted by atomic mass is 35.5. The van der Waals surface area contributed by atoms with Crippen molar-refractivity contribution in [2.45, 2.75) is 0 Å². The molecule has 2 aromatic rings. The molecule has 0 aliphatic carbocycles. The van der Waals surface area contributed by atoms with Gasteiger partial charge >= 0.3 is 0 Å². The van der Waals surface area contributed by atoms with Crippen molar-refractivity contribution < 1.29 is 4.79 Å². The molecule has 0 saturated heterocycles. The van der Waals surface area contributed by atoms with Crippen LogP contribution in [-0.2, 0) is 7.05 Å². The summed E-state index contributed by atoms with van der Waals surface area (Å²) in [6.07, 6.45) is 1.68. The number of anilines is 2. The summed E-state index contributed by atoms with van der Waals surface area (Å²) in [5.41, 5.74) is 7.24. The molecular weight excluding hydrogens is 238 g/mol. The van der Waals surface area contributed by atoms with E-state index in [0.717, 1.165) is 0 Å². The molecule has 17 heavy (non-hydrogen) atoms. The van der Waals surface area contributed by atoms with Crippen LogP contribution in [-0.4, -0.2) is 10.5 Å². The Labute approximate surface area is 104 Å². The molecule has 88 valence electrons. The van der Waals surface area contributed by atoms with Crippen molar-refractivity contribution in [3.8, 4) is 0 Å². The Kier molecular flexibility index (Phi) is 3.06. The SMILES string of the molecule is Cn1cc(N)cc1C(=O)Nc1ccccc1Cl. The van der Waals surface area contributed by atoms with E-state index >= 15 is 0 Å². The van der Waals surface area contributed by atoms with Gasteiger partial charge in [0.25, 0.3) is 5.91 Å². The van der Waals surface area contributed by atoms with Gasteiger partial charge in [0, 0.05) is 13.2 Å². The summed E-state index contributed by atoms with van der Waals surface area (Å²) < 4.78 is 1.67. The van der Waals surface area contributed by atoms with Crippen LogP contribution in [0.5, 0.6) is 0 Å². The van der Waals surface area contributed by atoms with Crippen molar-refractivity contribution in [2.24, 2.45) is 7.05 Å². The topological polar surface area (TPSA) is 60.0 Å². The first-order chi connectivity index (χ1) is 8.08. The zero-order valence-corrected chi connectivity index (χ0v) is 10.0. The summed E-state index contributed by atoms with van der Waals surface area (Å²) >= 11 is 5.95. The third kappa shape index (κ3) is 2.42. The summed E-state index contributed by atoms with van der Waals surface area (Å²) in [5, 5.41) is 3.24. The number of halogens is 1. The number of aromatic nitrogens is 1. The predicted molar refractivity (Wildman–Crippen MR) is 69.2 cm³/mol. The number of carbonyl (C=O) groups excluding carboxylic acids is 1. The lowest BCUT2D eigenvalue weighted by molar-refractivity contribution is 0.101. The van der Waals surface area contributed by atoms with E-state index in [1.165, 1.54) is 0 Å². The Morgan fingerprint density at radius 3 is 2.71 bits per heavy atom. The Morgan fingerprint density at radius 1 is 1.41 bits per heavy atom. The van der Waals surface area contributed by atoms with Crippen LogP contribution in [0.2, 0.25) is 5.02 Å². The number of nitrogens with zero attached hydrogens (tertiary/aromatic N) is 1. The number of para-hydroxylation sites is 1. The standard InChI is InChI=1S/C12H12ClN3O/c1-16-7-8(14)6-11(16)12(17)15-10-5-3-2-4-9(10)13/h2-7H,14H2,1H3,(H,15,17).